The molecule has 0 aliphatic carbocycles. The van der Waals surface area contributed by atoms with E-state index in [1.54, 1.807) is 12.1 Å². The second kappa shape index (κ2) is 5.89. The summed E-state index contributed by atoms with van der Waals surface area (Å²) in [7, 11) is -3.88. The molecule has 2 N–H and O–H groups in total. The molecule has 6 nitrogen and oxygen atoms in total. The Morgan fingerprint density at radius 1 is 1.23 bits per heavy atom. The number of amides is 1. The van der Waals surface area contributed by atoms with Crippen LogP contribution in [0.2, 0.25) is 0 Å². The van der Waals surface area contributed by atoms with Crippen molar-refractivity contribution in [2.75, 3.05) is 13.1 Å². The van der Waals surface area contributed by atoms with Crippen LogP contribution in [0.25, 0.3) is 0 Å². The Hall–Kier alpha value is -1.60. The van der Waals surface area contributed by atoms with Crippen LogP contribution in [0, 0.1) is 6.92 Å². The number of hydrogen-bond acceptors (Lipinski definition) is 4. The quantitative estimate of drug-likeness (QED) is 0.846. The minimum absolute atomic E-state index is 0.0469. The van der Waals surface area contributed by atoms with Gasteiger partial charge in [-0.3, -0.25) is 0 Å². The molecule has 22 heavy (non-hydrogen) atoms. The molecule has 0 atom stereocenters. The molecule has 1 aromatic carbocycles. The fourth-order valence-corrected chi connectivity index (χ4v) is 3.13. The Morgan fingerprint density at radius 2 is 1.77 bits per heavy atom. The van der Waals surface area contributed by atoms with Crippen molar-refractivity contribution in [3.8, 4) is 0 Å². The highest BCUT2D eigenvalue weighted by atomic mass is 32.2. The summed E-state index contributed by atoms with van der Waals surface area (Å²) in [5, 5.41) is 0. The third-order valence-electron chi connectivity index (χ3n) is 3.83. The van der Waals surface area contributed by atoms with E-state index in [9.17, 15) is 13.2 Å². The zero-order valence-electron chi connectivity index (χ0n) is 13.3. The third-order valence-corrected chi connectivity index (χ3v) is 5.16. The van der Waals surface area contributed by atoms with E-state index >= 15 is 0 Å². The molecule has 0 spiro atoms. The Kier molecular flexibility index (Phi) is 4.49. The highest BCUT2D eigenvalue weighted by molar-refractivity contribution is 7.90. The number of rotatable bonds is 3. The van der Waals surface area contributed by atoms with Gasteiger partial charge in [-0.15, -0.1) is 0 Å². The second-order valence-electron chi connectivity index (χ2n) is 6.71. The Bertz CT molecular complexity index is 641. The monoisotopic (exact) mass is 327 g/mol. The Labute approximate surface area is 131 Å². The standard InChI is InChI=1S/C15H22N2O4S/c1-11-5-7-13(8-6-11)22(19,20)16-14(18)21-12-9-17(10-12)15(2,3)4/h5-8,12H,9-10H2,1-4H3,(H,16,18)/p+1. The maximum absolute atomic E-state index is 12.0. The summed E-state index contributed by atoms with van der Waals surface area (Å²) in [6.07, 6.45) is -1.15. The maximum atomic E-state index is 12.0. The van der Waals surface area contributed by atoms with Gasteiger partial charge < -0.3 is 9.64 Å². The lowest BCUT2D eigenvalue weighted by molar-refractivity contribution is -0.990. The molecule has 0 radical (unpaired) electrons. The molecule has 0 aromatic heterocycles. The molecule has 1 saturated heterocycles. The predicted octanol–water partition coefficient (Wildman–Crippen LogP) is 0.476. The normalized spacial score (nSPS) is 21.8. The van der Waals surface area contributed by atoms with Gasteiger partial charge in [-0.25, -0.2) is 17.9 Å². The molecule has 1 aliphatic heterocycles. The topological polar surface area (TPSA) is 76.9 Å². The van der Waals surface area contributed by atoms with Crippen LogP contribution in [0.3, 0.4) is 0 Å². The lowest BCUT2D eigenvalue weighted by Gasteiger charge is -2.42. The van der Waals surface area contributed by atoms with E-state index in [0.717, 1.165) is 5.56 Å². The number of nitrogens with one attached hydrogen (secondary N) is 2. The zero-order chi connectivity index (χ0) is 16.5. The van der Waals surface area contributed by atoms with Crippen LogP contribution in [0.5, 0.6) is 0 Å². The number of quaternary nitrogens is 1. The molecular weight excluding hydrogens is 304 g/mol. The van der Waals surface area contributed by atoms with Crippen LogP contribution in [0.1, 0.15) is 26.3 Å². The van der Waals surface area contributed by atoms with Crippen LogP contribution < -0.4 is 9.62 Å². The van der Waals surface area contributed by atoms with Gasteiger partial charge in [0.1, 0.15) is 13.1 Å². The predicted molar refractivity (Wildman–Crippen MR) is 82.2 cm³/mol. The van der Waals surface area contributed by atoms with Crippen molar-refractivity contribution >= 4 is 16.1 Å². The van der Waals surface area contributed by atoms with Crippen molar-refractivity contribution in [3.05, 3.63) is 29.8 Å². The minimum Gasteiger partial charge on any atom is -0.433 e. The molecule has 0 saturated carbocycles. The van der Waals surface area contributed by atoms with Crippen LogP contribution in [-0.2, 0) is 14.8 Å². The van der Waals surface area contributed by atoms with Gasteiger partial charge in [-0.1, -0.05) is 17.7 Å². The summed E-state index contributed by atoms with van der Waals surface area (Å²) in [5.74, 6) is 0. The number of carbonyl (C=O) groups excluding carboxylic acids is 1. The molecule has 1 aromatic rings. The molecule has 1 amide bonds. The molecule has 0 bridgehead atoms. The summed E-state index contributed by atoms with van der Waals surface area (Å²) >= 11 is 0. The largest absolute Gasteiger partial charge is 0.433 e. The molecule has 122 valence electrons. The van der Waals surface area contributed by atoms with E-state index < -0.39 is 16.1 Å². The second-order valence-corrected chi connectivity index (χ2v) is 8.39. The highest BCUT2D eigenvalue weighted by Crippen LogP contribution is 2.10. The van der Waals surface area contributed by atoms with Gasteiger partial charge in [0.25, 0.3) is 10.0 Å². The number of benzene rings is 1. The highest BCUT2D eigenvalue weighted by Gasteiger charge is 2.41. The molecular formula is C15H23N2O4S+. The van der Waals surface area contributed by atoms with Gasteiger partial charge >= 0.3 is 6.09 Å². The van der Waals surface area contributed by atoms with E-state index in [2.05, 4.69) is 20.8 Å². The first-order chi connectivity index (χ1) is 10.1. The average molecular weight is 327 g/mol. The van der Waals surface area contributed by atoms with Crippen molar-refractivity contribution in [1.82, 2.24) is 4.72 Å². The van der Waals surface area contributed by atoms with Crippen molar-refractivity contribution in [2.45, 2.75) is 44.2 Å². The fourth-order valence-electron chi connectivity index (χ4n) is 2.25. The average Bonchev–Trinajstić information content (AvgIpc) is 2.31. The van der Waals surface area contributed by atoms with Gasteiger partial charge in [0, 0.05) is 0 Å². The van der Waals surface area contributed by atoms with Crippen LogP contribution >= 0.6 is 0 Å². The van der Waals surface area contributed by atoms with Gasteiger partial charge in [-0.2, -0.15) is 0 Å². The molecule has 1 fully saturated rings. The number of hydrogen-bond donors (Lipinski definition) is 2. The van der Waals surface area contributed by atoms with E-state index in [1.165, 1.54) is 17.0 Å². The van der Waals surface area contributed by atoms with Gasteiger partial charge in [-0.05, 0) is 39.8 Å². The SMILES string of the molecule is Cc1ccc(S(=O)(=O)NC(=O)OC2C[NH+](C(C)(C)C)C2)cc1. The third kappa shape index (κ3) is 3.98. The number of sulfonamides is 1. The van der Waals surface area contributed by atoms with Crippen molar-refractivity contribution < 1.29 is 22.8 Å². The maximum Gasteiger partial charge on any atom is 0.421 e. The van der Waals surface area contributed by atoms with Crippen molar-refractivity contribution in [3.63, 3.8) is 0 Å². The van der Waals surface area contributed by atoms with Crippen LogP contribution in [-0.4, -0.2) is 39.2 Å². The molecule has 0 unspecified atom stereocenters. The molecule has 2 rings (SSSR count). The van der Waals surface area contributed by atoms with E-state index in [1.807, 2.05) is 11.6 Å². The summed E-state index contributed by atoms with van der Waals surface area (Å²) in [4.78, 5) is 13.1. The minimum atomic E-state index is -3.88. The molecule has 1 aliphatic rings. The first-order valence-electron chi connectivity index (χ1n) is 7.23. The number of carbonyl (C=O) groups is 1. The summed E-state index contributed by atoms with van der Waals surface area (Å²) < 4.78 is 31.2. The molecule has 7 heteroatoms. The fraction of sp³-hybridized carbons (Fsp3) is 0.533. The Balaban J connectivity index is 1.89. The van der Waals surface area contributed by atoms with Gasteiger partial charge in [0.2, 0.25) is 6.10 Å². The van der Waals surface area contributed by atoms with Gasteiger partial charge in [0.15, 0.2) is 0 Å². The zero-order valence-corrected chi connectivity index (χ0v) is 14.2. The number of ether oxygens (including phenoxy) is 1. The summed E-state index contributed by atoms with van der Waals surface area (Å²) in [5.41, 5.74) is 1.05. The van der Waals surface area contributed by atoms with Crippen LogP contribution in [0.4, 0.5) is 4.79 Å². The molecule has 1 heterocycles. The van der Waals surface area contributed by atoms with E-state index in [0.29, 0.717) is 13.1 Å². The number of aryl methyl sites for hydroxylation is 1. The van der Waals surface area contributed by atoms with Crippen LogP contribution in [0.15, 0.2) is 29.2 Å². The Morgan fingerprint density at radius 3 is 2.27 bits per heavy atom. The first-order valence-corrected chi connectivity index (χ1v) is 8.71. The van der Waals surface area contributed by atoms with Gasteiger partial charge in [0.05, 0.1) is 10.4 Å². The summed E-state index contributed by atoms with van der Waals surface area (Å²) in [6.45, 7) is 9.59. The lowest BCUT2D eigenvalue weighted by atomic mass is 9.99. The van der Waals surface area contributed by atoms with E-state index in [4.69, 9.17) is 4.74 Å². The van der Waals surface area contributed by atoms with Crippen molar-refractivity contribution in [2.24, 2.45) is 0 Å². The lowest BCUT2D eigenvalue weighted by Crippen LogP contribution is -3.27. The first kappa shape index (κ1) is 16.8. The van der Waals surface area contributed by atoms with E-state index in [-0.39, 0.29) is 16.5 Å². The van der Waals surface area contributed by atoms with Crippen molar-refractivity contribution in [1.29, 1.82) is 0 Å². The number of likely N-dealkylation sites (tertiary alicyclic amines) is 1. The smallest absolute Gasteiger partial charge is 0.421 e. The summed E-state index contributed by atoms with van der Waals surface area (Å²) in [6, 6.07) is 6.27.